The first kappa shape index (κ1) is 22.1. The van der Waals surface area contributed by atoms with Crippen molar-refractivity contribution in [1.82, 2.24) is 0 Å². The highest BCUT2D eigenvalue weighted by molar-refractivity contribution is 5.26. The molecule has 0 amide bonds. The number of aliphatic hydroxyl groups is 1. The van der Waals surface area contributed by atoms with Gasteiger partial charge in [-0.15, -0.1) is 0 Å². The molecule has 2 heteroatoms. The second-order valence-electron chi connectivity index (χ2n) is 7.97. The van der Waals surface area contributed by atoms with E-state index in [1.807, 2.05) is 13.8 Å². The molecule has 0 spiro atoms. The maximum Gasteiger partial charge on any atom is 0.0718 e. The van der Waals surface area contributed by atoms with Crippen LogP contribution in [0.1, 0.15) is 78.9 Å². The molecule has 0 bridgehead atoms. The first-order valence-corrected chi connectivity index (χ1v) is 8.93. The molecule has 1 aromatic rings. The Balaban J connectivity index is 0.00000232. The lowest BCUT2D eigenvalue weighted by atomic mass is 9.67. The van der Waals surface area contributed by atoms with Gasteiger partial charge in [0.1, 0.15) is 0 Å². The lowest BCUT2D eigenvalue weighted by Crippen LogP contribution is -2.26. The summed E-state index contributed by atoms with van der Waals surface area (Å²) >= 11 is 0. The van der Waals surface area contributed by atoms with Crippen LogP contribution in [0.15, 0.2) is 24.3 Å². The fourth-order valence-corrected chi connectivity index (χ4v) is 3.13. The van der Waals surface area contributed by atoms with Crippen LogP contribution in [0.5, 0.6) is 0 Å². The van der Waals surface area contributed by atoms with Gasteiger partial charge in [-0.1, -0.05) is 79.7 Å². The molecule has 0 saturated heterocycles. The van der Waals surface area contributed by atoms with E-state index in [2.05, 4.69) is 65.8 Å². The SMILES string of the molecule is CC.CC(c1ccc(COCCO)cc1)C(C)(C)CC(C)(C)C. The highest BCUT2D eigenvalue weighted by Gasteiger charge is 2.31. The van der Waals surface area contributed by atoms with E-state index >= 15 is 0 Å². The second-order valence-corrected chi connectivity index (χ2v) is 7.97. The van der Waals surface area contributed by atoms with Crippen LogP contribution in [0.3, 0.4) is 0 Å². The Morgan fingerprint density at radius 2 is 1.52 bits per heavy atom. The average Bonchev–Trinajstić information content (AvgIpc) is 2.47. The average molecular weight is 323 g/mol. The van der Waals surface area contributed by atoms with Gasteiger partial charge in [0.05, 0.1) is 19.8 Å². The van der Waals surface area contributed by atoms with Gasteiger partial charge in [0, 0.05) is 0 Å². The summed E-state index contributed by atoms with van der Waals surface area (Å²) in [6.07, 6.45) is 1.20. The lowest BCUT2D eigenvalue weighted by Gasteiger charge is -2.38. The van der Waals surface area contributed by atoms with Gasteiger partial charge in [-0.3, -0.25) is 0 Å². The zero-order chi connectivity index (χ0) is 18.1. The zero-order valence-corrected chi connectivity index (χ0v) is 16.6. The molecule has 1 aromatic carbocycles. The van der Waals surface area contributed by atoms with Crippen molar-refractivity contribution < 1.29 is 9.84 Å². The van der Waals surface area contributed by atoms with E-state index in [1.165, 1.54) is 12.0 Å². The molecule has 1 unspecified atom stereocenters. The number of aliphatic hydroxyl groups excluding tert-OH is 1. The van der Waals surface area contributed by atoms with Crippen molar-refractivity contribution in [2.45, 2.75) is 74.3 Å². The molecule has 134 valence electrons. The van der Waals surface area contributed by atoms with Crippen molar-refractivity contribution in [2.24, 2.45) is 10.8 Å². The summed E-state index contributed by atoms with van der Waals surface area (Å²) in [6.45, 7) is 19.0. The number of hydrogen-bond acceptors (Lipinski definition) is 2. The minimum absolute atomic E-state index is 0.0795. The molecule has 1 rings (SSSR count). The first-order chi connectivity index (χ1) is 10.7. The molecule has 0 aliphatic rings. The number of benzene rings is 1. The third-order valence-corrected chi connectivity index (χ3v) is 4.14. The minimum atomic E-state index is 0.0795. The third-order valence-electron chi connectivity index (χ3n) is 4.14. The van der Waals surface area contributed by atoms with E-state index in [0.29, 0.717) is 24.5 Å². The predicted octanol–water partition coefficient (Wildman–Crippen LogP) is 5.79. The Hall–Kier alpha value is -0.860. The van der Waals surface area contributed by atoms with Gasteiger partial charge in [-0.25, -0.2) is 0 Å². The first-order valence-electron chi connectivity index (χ1n) is 8.93. The van der Waals surface area contributed by atoms with E-state index < -0.39 is 0 Å². The topological polar surface area (TPSA) is 29.5 Å². The van der Waals surface area contributed by atoms with Crippen molar-refractivity contribution in [3.05, 3.63) is 35.4 Å². The summed E-state index contributed by atoms with van der Waals surface area (Å²) < 4.78 is 5.35. The third kappa shape index (κ3) is 8.53. The molecule has 1 N–H and O–H groups in total. The van der Waals surface area contributed by atoms with E-state index in [0.717, 1.165) is 5.56 Å². The van der Waals surface area contributed by atoms with Gasteiger partial charge >= 0.3 is 0 Å². The Morgan fingerprint density at radius 1 is 1.00 bits per heavy atom. The Labute approximate surface area is 144 Å². The van der Waals surface area contributed by atoms with Gasteiger partial charge in [0.2, 0.25) is 0 Å². The van der Waals surface area contributed by atoms with Gasteiger partial charge < -0.3 is 9.84 Å². The van der Waals surface area contributed by atoms with Crippen LogP contribution < -0.4 is 0 Å². The summed E-state index contributed by atoms with van der Waals surface area (Å²) in [6, 6.07) is 8.70. The summed E-state index contributed by atoms with van der Waals surface area (Å²) in [5.41, 5.74) is 3.16. The fraction of sp³-hybridized carbons (Fsp3) is 0.714. The van der Waals surface area contributed by atoms with Gasteiger partial charge in [-0.05, 0) is 34.3 Å². The molecule has 0 saturated carbocycles. The maximum atomic E-state index is 8.72. The van der Waals surface area contributed by atoms with Crippen LogP contribution in [-0.4, -0.2) is 18.3 Å². The van der Waals surface area contributed by atoms with Crippen molar-refractivity contribution in [3.63, 3.8) is 0 Å². The number of hydrogen-bond donors (Lipinski definition) is 1. The van der Waals surface area contributed by atoms with Crippen LogP contribution >= 0.6 is 0 Å². The summed E-state index contributed by atoms with van der Waals surface area (Å²) in [5, 5.41) is 8.72. The fourth-order valence-electron chi connectivity index (χ4n) is 3.13. The van der Waals surface area contributed by atoms with Gasteiger partial charge in [0.15, 0.2) is 0 Å². The standard InChI is InChI=1S/C19H32O2.C2H6/c1-15(19(5,6)14-18(2,3)4)17-9-7-16(8-10-17)13-21-12-11-20;1-2/h7-10,15,20H,11-14H2,1-6H3;1-2H3. The monoisotopic (exact) mass is 322 g/mol. The molecule has 1 atom stereocenters. The van der Waals surface area contributed by atoms with Crippen LogP contribution in [0, 0.1) is 10.8 Å². The van der Waals surface area contributed by atoms with Crippen molar-refractivity contribution in [2.75, 3.05) is 13.2 Å². The predicted molar refractivity (Wildman–Crippen MR) is 101 cm³/mol. The van der Waals surface area contributed by atoms with Gasteiger partial charge in [-0.2, -0.15) is 0 Å². The summed E-state index contributed by atoms with van der Waals surface area (Å²) in [4.78, 5) is 0. The van der Waals surface area contributed by atoms with Crippen LogP contribution in [0.25, 0.3) is 0 Å². The van der Waals surface area contributed by atoms with Crippen LogP contribution in [0.2, 0.25) is 0 Å². The van der Waals surface area contributed by atoms with Crippen molar-refractivity contribution in [3.8, 4) is 0 Å². The molecule has 23 heavy (non-hydrogen) atoms. The molecule has 2 nitrogen and oxygen atoms in total. The Morgan fingerprint density at radius 3 is 1.96 bits per heavy atom. The van der Waals surface area contributed by atoms with E-state index in [9.17, 15) is 0 Å². The largest absolute Gasteiger partial charge is 0.394 e. The summed E-state index contributed by atoms with van der Waals surface area (Å²) in [7, 11) is 0. The zero-order valence-electron chi connectivity index (χ0n) is 16.6. The number of rotatable bonds is 7. The van der Waals surface area contributed by atoms with Crippen LogP contribution in [-0.2, 0) is 11.3 Å². The van der Waals surface area contributed by atoms with E-state index in [-0.39, 0.29) is 12.0 Å². The molecular weight excluding hydrogens is 284 g/mol. The smallest absolute Gasteiger partial charge is 0.0718 e. The Bertz CT molecular complexity index is 412. The lowest BCUT2D eigenvalue weighted by molar-refractivity contribution is 0.0815. The molecule has 0 aliphatic carbocycles. The normalized spacial score (nSPS) is 13.3. The molecule has 0 aromatic heterocycles. The molecule has 0 radical (unpaired) electrons. The maximum absolute atomic E-state index is 8.72. The van der Waals surface area contributed by atoms with E-state index in [1.54, 1.807) is 0 Å². The highest BCUT2D eigenvalue weighted by Crippen LogP contribution is 2.43. The van der Waals surface area contributed by atoms with Gasteiger partial charge in [0.25, 0.3) is 0 Å². The second kappa shape index (κ2) is 10.1. The molecule has 0 aliphatic heterocycles. The molecular formula is C21H38O2. The highest BCUT2D eigenvalue weighted by atomic mass is 16.5. The number of ether oxygens (including phenoxy) is 1. The Kier molecular flexibility index (Phi) is 9.72. The van der Waals surface area contributed by atoms with E-state index in [4.69, 9.17) is 9.84 Å². The summed E-state index contributed by atoms with van der Waals surface area (Å²) in [5.74, 6) is 0.518. The van der Waals surface area contributed by atoms with Crippen molar-refractivity contribution in [1.29, 1.82) is 0 Å². The quantitative estimate of drug-likeness (QED) is 0.644. The van der Waals surface area contributed by atoms with Crippen LogP contribution in [0.4, 0.5) is 0 Å². The minimum Gasteiger partial charge on any atom is -0.394 e. The molecule has 0 heterocycles. The van der Waals surface area contributed by atoms with Crippen molar-refractivity contribution >= 4 is 0 Å². The molecule has 0 fully saturated rings.